The zero-order valence-electron chi connectivity index (χ0n) is 10.6. The fourth-order valence-corrected chi connectivity index (χ4v) is 2.64. The summed E-state index contributed by atoms with van der Waals surface area (Å²) in [7, 11) is 0. The lowest BCUT2D eigenvalue weighted by Crippen LogP contribution is -2.31. The summed E-state index contributed by atoms with van der Waals surface area (Å²) >= 11 is 6.03. The van der Waals surface area contributed by atoms with Crippen LogP contribution in [0.2, 0.25) is 0 Å². The molecule has 104 valence electrons. The molecule has 0 radical (unpaired) electrons. The zero-order valence-corrected chi connectivity index (χ0v) is 11.4. The lowest BCUT2D eigenvalue weighted by Gasteiger charge is -2.25. The Labute approximate surface area is 117 Å². The molecule has 1 aliphatic rings. The van der Waals surface area contributed by atoms with Crippen LogP contribution < -0.4 is 5.32 Å². The predicted molar refractivity (Wildman–Crippen MR) is 73.7 cm³/mol. The van der Waals surface area contributed by atoms with Crippen LogP contribution in [-0.2, 0) is 0 Å². The first kappa shape index (κ1) is 14.0. The van der Waals surface area contributed by atoms with Crippen molar-refractivity contribution >= 4 is 17.5 Å². The summed E-state index contributed by atoms with van der Waals surface area (Å²) in [6.45, 7) is 0.610. The second kappa shape index (κ2) is 6.15. The molecule has 2 rings (SSSR count). The molecule has 5 heteroatoms. The Morgan fingerprint density at radius 2 is 1.74 bits per heavy atom. The van der Waals surface area contributed by atoms with Crippen LogP contribution in [0.5, 0.6) is 11.5 Å². The van der Waals surface area contributed by atoms with Crippen LogP contribution in [0.15, 0.2) is 18.2 Å². The van der Waals surface area contributed by atoms with Crippen molar-refractivity contribution in [2.24, 2.45) is 5.92 Å². The monoisotopic (exact) mass is 283 g/mol. The van der Waals surface area contributed by atoms with Crippen LogP contribution in [0.4, 0.5) is 0 Å². The second-order valence-electron chi connectivity index (χ2n) is 5.07. The third kappa shape index (κ3) is 4.03. The Morgan fingerprint density at radius 1 is 1.16 bits per heavy atom. The summed E-state index contributed by atoms with van der Waals surface area (Å²) in [6, 6.07) is 3.87. The van der Waals surface area contributed by atoms with E-state index in [9.17, 15) is 15.0 Å². The van der Waals surface area contributed by atoms with E-state index in [4.69, 9.17) is 11.6 Å². The van der Waals surface area contributed by atoms with Gasteiger partial charge in [0.15, 0.2) is 0 Å². The van der Waals surface area contributed by atoms with Gasteiger partial charge in [-0.15, -0.1) is 11.6 Å². The lowest BCUT2D eigenvalue weighted by molar-refractivity contribution is 0.0943. The number of carbonyl (C=O) groups excluding carboxylic acids is 1. The van der Waals surface area contributed by atoms with Gasteiger partial charge in [-0.25, -0.2) is 0 Å². The highest BCUT2D eigenvalue weighted by Gasteiger charge is 2.20. The van der Waals surface area contributed by atoms with Crippen LogP contribution in [-0.4, -0.2) is 28.0 Å². The van der Waals surface area contributed by atoms with E-state index in [2.05, 4.69) is 5.32 Å². The van der Waals surface area contributed by atoms with Crippen molar-refractivity contribution in [1.29, 1.82) is 0 Å². The van der Waals surface area contributed by atoms with Crippen molar-refractivity contribution in [2.45, 2.75) is 31.1 Å². The summed E-state index contributed by atoms with van der Waals surface area (Å²) in [5.41, 5.74) is 0.267. The topological polar surface area (TPSA) is 69.6 Å². The maximum absolute atomic E-state index is 11.9. The smallest absolute Gasteiger partial charge is 0.251 e. The number of rotatable bonds is 3. The van der Waals surface area contributed by atoms with Gasteiger partial charge >= 0.3 is 0 Å². The Hall–Kier alpha value is -1.42. The van der Waals surface area contributed by atoms with Crippen molar-refractivity contribution in [2.75, 3.05) is 6.54 Å². The van der Waals surface area contributed by atoms with Gasteiger partial charge in [0.05, 0.1) is 0 Å². The number of phenolic OH excluding ortho intramolecular Hbond substituents is 2. The standard InChI is InChI=1S/C14H18ClNO3/c15-11-3-1-9(2-4-11)8-16-14(19)10-5-12(17)7-13(18)6-10/h5-7,9,11,17-18H,1-4,8H2,(H,16,19). The van der Waals surface area contributed by atoms with Gasteiger partial charge in [0.1, 0.15) is 11.5 Å². The first-order valence-corrected chi connectivity index (χ1v) is 6.93. The fraction of sp³-hybridized carbons (Fsp3) is 0.500. The minimum atomic E-state index is -0.279. The van der Waals surface area contributed by atoms with E-state index in [1.54, 1.807) is 0 Å². The molecule has 0 unspecified atom stereocenters. The number of benzene rings is 1. The van der Waals surface area contributed by atoms with Gasteiger partial charge in [0, 0.05) is 23.6 Å². The summed E-state index contributed by atoms with van der Waals surface area (Å²) < 4.78 is 0. The summed E-state index contributed by atoms with van der Waals surface area (Å²) in [5.74, 6) is -0.0513. The van der Waals surface area contributed by atoms with Crippen molar-refractivity contribution < 1.29 is 15.0 Å². The molecular formula is C14H18ClNO3. The highest BCUT2D eigenvalue weighted by Crippen LogP contribution is 2.27. The second-order valence-corrected chi connectivity index (χ2v) is 5.68. The van der Waals surface area contributed by atoms with Gasteiger partial charge in [-0.3, -0.25) is 4.79 Å². The van der Waals surface area contributed by atoms with Crippen LogP contribution in [0.3, 0.4) is 0 Å². The van der Waals surface area contributed by atoms with E-state index in [0.717, 1.165) is 25.7 Å². The third-order valence-corrected chi connectivity index (χ3v) is 3.93. The molecule has 0 bridgehead atoms. The number of hydrogen-bond acceptors (Lipinski definition) is 3. The van der Waals surface area contributed by atoms with Crippen LogP contribution >= 0.6 is 11.6 Å². The molecule has 0 aromatic heterocycles. The minimum Gasteiger partial charge on any atom is -0.508 e. The number of amides is 1. The SMILES string of the molecule is O=C(NCC1CCC(Cl)CC1)c1cc(O)cc(O)c1. The van der Waals surface area contributed by atoms with Crippen LogP contribution in [0.25, 0.3) is 0 Å². The molecule has 0 spiro atoms. The summed E-state index contributed by atoms with van der Waals surface area (Å²) in [4.78, 5) is 11.9. The molecule has 0 heterocycles. The molecule has 1 fully saturated rings. The molecule has 4 nitrogen and oxygen atoms in total. The molecule has 19 heavy (non-hydrogen) atoms. The van der Waals surface area contributed by atoms with Crippen LogP contribution in [0, 0.1) is 5.92 Å². The third-order valence-electron chi connectivity index (χ3n) is 3.49. The largest absolute Gasteiger partial charge is 0.508 e. The van der Waals surface area contributed by atoms with Gasteiger partial charge in [0.25, 0.3) is 5.91 Å². The molecular weight excluding hydrogens is 266 g/mol. The van der Waals surface area contributed by atoms with E-state index in [1.165, 1.54) is 18.2 Å². The van der Waals surface area contributed by atoms with E-state index >= 15 is 0 Å². The predicted octanol–water partition coefficient (Wildman–Crippen LogP) is 2.63. The Morgan fingerprint density at radius 3 is 2.32 bits per heavy atom. The lowest BCUT2D eigenvalue weighted by atomic mass is 9.89. The molecule has 1 aliphatic carbocycles. The Balaban J connectivity index is 1.87. The van der Waals surface area contributed by atoms with Gasteiger partial charge in [-0.05, 0) is 43.7 Å². The Kier molecular flexibility index (Phi) is 4.53. The van der Waals surface area contributed by atoms with E-state index < -0.39 is 0 Å². The molecule has 1 saturated carbocycles. The quantitative estimate of drug-likeness (QED) is 0.747. The maximum Gasteiger partial charge on any atom is 0.251 e. The fourth-order valence-electron chi connectivity index (χ4n) is 2.39. The molecule has 1 aromatic rings. The molecule has 0 aliphatic heterocycles. The number of aromatic hydroxyl groups is 2. The van der Waals surface area contributed by atoms with Gasteiger partial charge < -0.3 is 15.5 Å². The van der Waals surface area contributed by atoms with E-state index in [-0.39, 0.29) is 28.3 Å². The highest BCUT2D eigenvalue weighted by molar-refractivity contribution is 6.20. The number of nitrogens with one attached hydrogen (secondary N) is 1. The average Bonchev–Trinajstić information content (AvgIpc) is 2.36. The summed E-state index contributed by atoms with van der Waals surface area (Å²) in [6.07, 6.45) is 4.05. The van der Waals surface area contributed by atoms with Crippen LogP contribution in [0.1, 0.15) is 36.0 Å². The summed E-state index contributed by atoms with van der Waals surface area (Å²) in [5, 5.41) is 21.8. The molecule has 3 N–H and O–H groups in total. The first-order valence-electron chi connectivity index (χ1n) is 6.50. The molecule has 1 amide bonds. The van der Waals surface area contributed by atoms with Crippen molar-refractivity contribution in [3.8, 4) is 11.5 Å². The van der Waals surface area contributed by atoms with Gasteiger partial charge in [0.2, 0.25) is 0 Å². The Bertz CT molecular complexity index is 436. The van der Waals surface area contributed by atoms with Gasteiger partial charge in [-0.1, -0.05) is 0 Å². The zero-order chi connectivity index (χ0) is 13.8. The number of carbonyl (C=O) groups is 1. The number of hydrogen-bond donors (Lipinski definition) is 3. The van der Waals surface area contributed by atoms with Gasteiger partial charge in [-0.2, -0.15) is 0 Å². The normalized spacial score (nSPS) is 23.0. The van der Waals surface area contributed by atoms with E-state index in [0.29, 0.717) is 12.5 Å². The average molecular weight is 284 g/mol. The highest BCUT2D eigenvalue weighted by atomic mass is 35.5. The minimum absolute atomic E-state index is 0.118. The number of phenols is 2. The maximum atomic E-state index is 11.9. The van der Waals surface area contributed by atoms with Crippen molar-refractivity contribution in [1.82, 2.24) is 5.32 Å². The van der Waals surface area contributed by atoms with Crippen molar-refractivity contribution in [3.05, 3.63) is 23.8 Å². The molecule has 1 aromatic carbocycles. The number of halogens is 1. The molecule has 0 atom stereocenters. The molecule has 0 saturated heterocycles. The van der Waals surface area contributed by atoms with E-state index in [1.807, 2.05) is 0 Å². The number of alkyl halides is 1. The first-order chi connectivity index (χ1) is 9.04. The van der Waals surface area contributed by atoms with Crippen molar-refractivity contribution in [3.63, 3.8) is 0 Å².